The second-order valence-electron chi connectivity index (χ2n) is 4.68. The molecular weight excluding hydrogens is 355 g/mol. The number of rotatable bonds is 5. The zero-order valence-corrected chi connectivity index (χ0v) is 14.0. The summed E-state index contributed by atoms with van der Waals surface area (Å²) >= 11 is 9.78. The van der Waals surface area contributed by atoms with Gasteiger partial charge in [0.1, 0.15) is 5.82 Å². The summed E-state index contributed by atoms with van der Waals surface area (Å²) in [4.78, 5) is 2.12. The van der Waals surface area contributed by atoms with Gasteiger partial charge < -0.3 is 10.6 Å². The molecule has 2 aromatic rings. The zero-order valence-electron chi connectivity index (χ0n) is 11.7. The molecule has 112 valence electrons. The van der Waals surface area contributed by atoms with Gasteiger partial charge >= 0.3 is 0 Å². The summed E-state index contributed by atoms with van der Waals surface area (Å²) in [5, 5.41) is 0.675. The van der Waals surface area contributed by atoms with E-state index >= 15 is 0 Å². The van der Waals surface area contributed by atoms with E-state index in [9.17, 15) is 4.39 Å². The number of halogens is 3. The van der Waals surface area contributed by atoms with Crippen molar-refractivity contribution >= 4 is 33.2 Å². The average Bonchev–Trinajstić information content (AvgIpc) is 2.49. The molecule has 5 heteroatoms. The largest absolute Gasteiger partial charge is 0.363 e. The van der Waals surface area contributed by atoms with E-state index in [1.165, 1.54) is 12.1 Å². The summed E-state index contributed by atoms with van der Waals surface area (Å²) in [6.45, 7) is 3.20. The minimum absolute atomic E-state index is 0.0644. The first-order valence-corrected chi connectivity index (χ1v) is 7.91. The van der Waals surface area contributed by atoms with Crippen molar-refractivity contribution in [3.8, 4) is 0 Å². The molecule has 1 atom stereocenters. The lowest BCUT2D eigenvalue weighted by Crippen LogP contribution is -2.34. The summed E-state index contributed by atoms with van der Waals surface area (Å²) in [6, 6.07) is 12.1. The fraction of sp³-hybridized carbons (Fsp3) is 0.250. The standard InChI is InChI=1S/C16H17BrClFN2/c1-2-21(13-6-4-12(19)5-7-13)16(10-20)14-9-11(17)3-8-15(14)18/h3-9,16H,2,10,20H2,1H3. The Bertz CT molecular complexity index is 604. The van der Waals surface area contributed by atoms with Crippen LogP contribution in [0, 0.1) is 5.82 Å². The Labute approximate surface area is 137 Å². The van der Waals surface area contributed by atoms with Gasteiger partial charge in [-0.3, -0.25) is 0 Å². The zero-order chi connectivity index (χ0) is 15.4. The topological polar surface area (TPSA) is 29.3 Å². The SMILES string of the molecule is CCN(c1ccc(F)cc1)C(CN)c1cc(Br)ccc1Cl. The molecule has 21 heavy (non-hydrogen) atoms. The van der Waals surface area contributed by atoms with Gasteiger partial charge in [0, 0.05) is 28.3 Å². The van der Waals surface area contributed by atoms with Crippen LogP contribution in [0.25, 0.3) is 0 Å². The summed E-state index contributed by atoms with van der Waals surface area (Å²) in [5.41, 5.74) is 7.86. The van der Waals surface area contributed by atoms with Crippen molar-refractivity contribution in [3.63, 3.8) is 0 Å². The molecule has 0 saturated carbocycles. The summed E-state index contributed by atoms with van der Waals surface area (Å²) in [7, 11) is 0. The highest BCUT2D eigenvalue weighted by molar-refractivity contribution is 9.10. The molecule has 2 nitrogen and oxygen atoms in total. The number of anilines is 1. The third kappa shape index (κ3) is 3.76. The number of nitrogens with zero attached hydrogens (tertiary/aromatic N) is 1. The van der Waals surface area contributed by atoms with Crippen LogP contribution in [0.15, 0.2) is 46.9 Å². The van der Waals surface area contributed by atoms with Gasteiger partial charge in [-0.25, -0.2) is 4.39 Å². The Hall–Kier alpha value is -1.10. The lowest BCUT2D eigenvalue weighted by molar-refractivity contribution is 0.622. The van der Waals surface area contributed by atoms with E-state index in [1.54, 1.807) is 12.1 Å². The van der Waals surface area contributed by atoms with Crippen LogP contribution in [-0.4, -0.2) is 13.1 Å². The minimum Gasteiger partial charge on any atom is -0.363 e. The second-order valence-corrected chi connectivity index (χ2v) is 6.00. The molecule has 0 saturated heterocycles. The lowest BCUT2D eigenvalue weighted by atomic mass is 10.0. The molecule has 1 unspecified atom stereocenters. The average molecular weight is 372 g/mol. The van der Waals surface area contributed by atoms with E-state index in [4.69, 9.17) is 17.3 Å². The van der Waals surface area contributed by atoms with Crippen LogP contribution in [0.1, 0.15) is 18.5 Å². The van der Waals surface area contributed by atoms with E-state index in [0.717, 1.165) is 22.3 Å². The van der Waals surface area contributed by atoms with Crippen molar-refractivity contribution in [1.29, 1.82) is 0 Å². The van der Waals surface area contributed by atoms with Gasteiger partial charge in [-0.15, -0.1) is 0 Å². The third-order valence-corrected chi connectivity index (χ3v) is 4.25. The predicted octanol–water partition coefficient (Wildman–Crippen LogP) is 4.77. The van der Waals surface area contributed by atoms with Crippen molar-refractivity contribution in [2.24, 2.45) is 5.73 Å². The van der Waals surface area contributed by atoms with E-state index in [2.05, 4.69) is 20.8 Å². The van der Waals surface area contributed by atoms with Crippen molar-refractivity contribution < 1.29 is 4.39 Å². The van der Waals surface area contributed by atoms with Crippen molar-refractivity contribution in [2.75, 3.05) is 18.0 Å². The fourth-order valence-electron chi connectivity index (χ4n) is 2.41. The summed E-state index contributed by atoms with van der Waals surface area (Å²) in [5.74, 6) is -0.250. The molecule has 2 aromatic carbocycles. The number of nitrogens with two attached hydrogens (primary N) is 1. The van der Waals surface area contributed by atoms with Crippen LogP contribution in [-0.2, 0) is 0 Å². The first-order chi connectivity index (χ1) is 10.1. The number of benzene rings is 2. The third-order valence-electron chi connectivity index (χ3n) is 3.42. The Morgan fingerprint density at radius 2 is 1.90 bits per heavy atom. The predicted molar refractivity (Wildman–Crippen MR) is 90.4 cm³/mol. The van der Waals surface area contributed by atoms with Gasteiger partial charge in [0.2, 0.25) is 0 Å². The molecule has 0 spiro atoms. The molecule has 0 amide bonds. The van der Waals surface area contributed by atoms with Crippen LogP contribution in [0.3, 0.4) is 0 Å². The second kappa shape index (κ2) is 7.25. The van der Waals surface area contributed by atoms with Gasteiger partial charge in [0.25, 0.3) is 0 Å². The molecular formula is C16H17BrClFN2. The molecule has 0 bridgehead atoms. The molecule has 2 N–H and O–H groups in total. The maximum Gasteiger partial charge on any atom is 0.123 e. The van der Waals surface area contributed by atoms with Crippen molar-refractivity contribution in [3.05, 3.63) is 63.3 Å². The van der Waals surface area contributed by atoms with Crippen LogP contribution in [0.4, 0.5) is 10.1 Å². The van der Waals surface area contributed by atoms with Crippen LogP contribution >= 0.6 is 27.5 Å². The molecule has 0 aliphatic heterocycles. The molecule has 0 aromatic heterocycles. The van der Waals surface area contributed by atoms with E-state index in [0.29, 0.717) is 11.6 Å². The molecule has 0 radical (unpaired) electrons. The molecule has 2 rings (SSSR count). The number of hydrogen-bond donors (Lipinski definition) is 1. The first-order valence-electron chi connectivity index (χ1n) is 6.74. The van der Waals surface area contributed by atoms with Gasteiger partial charge in [-0.05, 0) is 55.0 Å². The molecule has 0 heterocycles. The maximum atomic E-state index is 13.1. The van der Waals surface area contributed by atoms with Crippen LogP contribution < -0.4 is 10.6 Å². The minimum atomic E-state index is -0.250. The van der Waals surface area contributed by atoms with Gasteiger partial charge in [0.05, 0.1) is 6.04 Å². The smallest absolute Gasteiger partial charge is 0.123 e. The van der Waals surface area contributed by atoms with E-state index in [1.807, 2.05) is 25.1 Å². The highest BCUT2D eigenvalue weighted by Crippen LogP contribution is 2.32. The highest BCUT2D eigenvalue weighted by Gasteiger charge is 2.21. The molecule has 0 aliphatic carbocycles. The summed E-state index contributed by atoms with van der Waals surface area (Å²) < 4.78 is 14.1. The summed E-state index contributed by atoms with van der Waals surface area (Å²) in [6.07, 6.45) is 0. The Morgan fingerprint density at radius 1 is 1.24 bits per heavy atom. The van der Waals surface area contributed by atoms with Crippen molar-refractivity contribution in [2.45, 2.75) is 13.0 Å². The highest BCUT2D eigenvalue weighted by atomic mass is 79.9. The van der Waals surface area contributed by atoms with E-state index in [-0.39, 0.29) is 11.9 Å². The fourth-order valence-corrected chi connectivity index (χ4v) is 3.03. The van der Waals surface area contributed by atoms with E-state index < -0.39 is 0 Å². The van der Waals surface area contributed by atoms with Gasteiger partial charge in [-0.1, -0.05) is 27.5 Å². The maximum absolute atomic E-state index is 13.1. The Morgan fingerprint density at radius 3 is 2.48 bits per heavy atom. The van der Waals surface area contributed by atoms with Crippen molar-refractivity contribution in [1.82, 2.24) is 0 Å². The molecule has 0 fully saturated rings. The first kappa shape index (κ1) is 16.3. The van der Waals surface area contributed by atoms with Crippen LogP contribution in [0.2, 0.25) is 5.02 Å². The number of likely N-dealkylation sites (N-methyl/N-ethyl adjacent to an activating group) is 1. The number of hydrogen-bond acceptors (Lipinski definition) is 2. The monoisotopic (exact) mass is 370 g/mol. The van der Waals surface area contributed by atoms with Gasteiger partial charge in [-0.2, -0.15) is 0 Å². The Balaban J connectivity index is 2.42. The lowest BCUT2D eigenvalue weighted by Gasteiger charge is -2.33. The quantitative estimate of drug-likeness (QED) is 0.820. The van der Waals surface area contributed by atoms with Crippen LogP contribution in [0.5, 0.6) is 0 Å². The Kier molecular flexibility index (Phi) is 5.62. The molecule has 0 aliphatic rings. The normalized spacial score (nSPS) is 12.2. The van der Waals surface area contributed by atoms with Gasteiger partial charge in [0.15, 0.2) is 0 Å².